The van der Waals surface area contributed by atoms with Gasteiger partial charge in [0.05, 0.1) is 0 Å². The monoisotopic (exact) mass is 292 g/mol. The molecule has 19 heavy (non-hydrogen) atoms. The third-order valence-corrected chi connectivity index (χ3v) is 5.16. The van der Waals surface area contributed by atoms with Crippen molar-refractivity contribution in [1.82, 2.24) is 8.61 Å². The van der Waals surface area contributed by atoms with E-state index in [1.165, 1.54) is 0 Å². The summed E-state index contributed by atoms with van der Waals surface area (Å²) in [5.41, 5.74) is 0. The molecule has 0 aromatic rings. The zero-order valence-electron chi connectivity index (χ0n) is 13.2. The van der Waals surface area contributed by atoms with Crippen molar-refractivity contribution in [3.05, 3.63) is 0 Å². The van der Waals surface area contributed by atoms with E-state index in [-0.39, 0.29) is 0 Å². The average molecular weight is 292 g/mol. The van der Waals surface area contributed by atoms with Crippen LogP contribution in [0.1, 0.15) is 66.2 Å². The van der Waals surface area contributed by atoms with Crippen LogP contribution in [0.2, 0.25) is 0 Å². The number of unbranched alkanes of at least 4 members (excludes halogenated alkanes) is 2. The highest BCUT2D eigenvalue weighted by Crippen LogP contribution is 2.13. The number of hydrogen-bond donors (Lipinski definition) is 0. The molecular formula is C14H32N2O2S. The van der Waals surface area contributed by atoms with E-state index in [2.05, 4.69) is 13.8 Å². The van der Waals surface area contributed by atoms with Gasteiger partial charge in [0.15, 0.2) is 0 Å². The molecule has 0 saturated carbocycles. The van der Waals surface area contributed by atoms with E-state index in [0.717, 1.165) is 38.5 Å². The van der Waals surface area contributed by atoms with Gasteiger partial charge in [0.25, 0.3) is 10.2 Å². The maximum Gasteiger partial charge on any atom is 0.281 e. The summed E-state index contributed by atoms with van der Waals surface area (Å²) >= 11 is 0. The van der Waals surface area contributed by atoms with E-state index < -0.39 is 10.2 Å². The highest BCUT2D eigenvalue weighted by Gasteiger charge is 2.27. The molecule has 0 aliphatic rings. The van der Waals surface area contributed by atoms with Gasteiger partial charge in [-0.1, -0.05) is 40.5 Å². The third kappa shape index (κ3) is 6.72. The number of rotatable bonds is 12. The van der Waals surface area contributed by atoms with Crippen LogP contribution in [0.25, 0.3) is 0 Å². The van der Waals surface area contributed by atoms with E-state index in [9.17, 15) is 8.42 Å². The van der Waals surface area contributed by atoms with Gasteiger partial charge in [-0.05, 0) is 25.7 Å². The lowest BCUT2D eigenvalue weighted by Gasteiger charge is -2.29. The SMILES string of the molecule is CCCCN(CCCC)S(=O)(=O)N(CCC)CCC. The van der Waals surface area contributed by atoms with Crippen LogP contribution < -0.4 is 0 Å². The maximum absolute atomic E-state index is 12.7. The second-order valence-corrected chi connectivity index (χ2v) is 6.94. The molecule has 0 rings (SSSR count). The number of nitrogens with zero attached hydrogens (tertiary/aromatic N) is 2. The summed E-state index contributed by atoms with van der Waals surface area (Å²) < 4.78 is 28.7. The first kappa shape index (κ1) is 18.9. The molecule has 116 valence electrons. The van der Waals surface area contributed by atoms with Crippen LogP contribution in [0.15, 0.2) is 0 Å². The lowest BCUT2D eigenvalue weighted by molar-refractivity contribution is 0.328. The van der Waals surface area contributed by atoms with E-state index in [4.69, 9.17) is 0 Å². The second-order valence-electron chi connectivity index (χ2n) is 5.01. The van der Waals surface area contributed by atoms with Crippen molar-refractivity contribution in [2.24, 2.45) is 0 Å². The summed E-state index contributed by atoms with van der Waals surface area (Å²) in [4.78, 5) is 0. The minimum atomic E-state index is -3.27. The van der Waals surface area contributed by atoms with E-state index in [1.54, 1.807) is 8.61 Å². The third-order valence-electron chi connectivity index (χ3n) is 3.12. The second kappa shape index (κ2) is 10.6. The van der Waals surface area contributed by atoms with Crippen LogP contribution in [-0.4, -0.2) is 43.2 Å². The van der Waals surface area contributed by atoms with Crippen LogP contribution in [0.3, 0.4) is 0 Å². The minimum absolute atomic E-state index is 0.630. The lowest BCUT2D eigenvalue weighted by atomic mass is 10.3. The van der Waals surface area contributed by atoms with Gasteiger partial charge in [-0.15, -0.1) is 0 Å². The molecule has 0 aromatic heterocycles. The van der Waals surface area contributed by atoms with Gasteiger partial charge in [0, 0.05) is 26.2 Å². The molecule has 0 atom stereocenters. The molecule has 0 bridgehead atoms. The quantitative estimate of drug-likeness (QED) is 0.554. The summed E-state index contributed by atoms with van der Waals surface area (Å²) in [6.07, 6.45) is 5.67. The van der Waals surface area contributed by atoms with Crippen molar-refractivity contribution in [3.63, 3.8) is 0 Å². The fourth-order valence-electron chi connectivity index (χ4n) is 2.02. The van der Waals surface area contributed by atoms with Crippen molar-refractivity contribution in [1.29, 1.82) is 0 Å². The van der Waals surface area contributed by atoms with Gasteiger partial charge in [0.1, 0.15) is 0 Å². The Labute approximate surface area is 120 Å². The Hall–Kier alpha value is -0.130. The molecule has 0 aliphatic heterocycles. The van der Waals surface area contributed by atoms with Crippen LogP contribution in [0, 0.1) is 0 Å². The molecule has 5 heteroatoms. The Morgan fingerprint density at radius 1 is 0.632 bits per heavy atom. The van der Waals surface area contributed by atoms with Crippen LogP contribution in [-0.2, 0) is 10.2 Å². The highest BCUT2D eigenvalue weighted by molar-refractivity contribution is 7.86. The Morgan fingerprint density at radius 3 is 1.32 bits per heavy atom. The van der Waals surface area contributed by atoms with E-state index >= 15 is 0 Å². The molecule has 0 fully saturated rings. The molecule has 4 nitrogen and oxygen atoms in total. The van der Waals surface area contributed by atoms with Crippen molar-refractivity contribution in [3.8, 4) is 0 Å². The van der Waals surface area contributed by atoms with Gasteiger partial charge in [-0.2, -0.15) is 17.0 Å². The highest BCUT2D eigenvalue weighted by atomic mass is 32.2. The molecule has 0 radical (unpaired) electrons. The Morgan fingerprint density at radius 2 is 1.00 bits per heavy atom. The molecule has 0 aliphatic carbocycles. The zero-order valence-corrected chi connectivity index (χ0v) is 14.0. The normalized spacial score (nSPS) is 12.5. The largest absolute Gasteiger partial charge is 0.281 e. The van der Waals surface area contributed by atoms with Crippen LogP contribution in [0.5, 0.6) is 0 Å². The first-order chi connectivity index (χ1) is 9.04. The Kier molecular flexibility index (Phi) is 10.6. The Bertz CT molecular complexity index is 291. The van der Waals surface area contributed by atoms with Crippen molar-refractivity contribution >= 4 is 10.2 Å². The van der Waals surface area contributed by atoms with Crippen molar-refractivity contribution in [2.75, 3.05) is 26.2 Å². The molecule has 0 amide bonds. The summed E-state index contributed by atoms with van der Waals surface area (Å²) in [5, 5.41) is 0. The first-order valence-corrected chi connectivity index (χ1v) is 9.19. The standard InChI is InChI=1S/C14H32N2O2S/c1-5-9-13-16(14-10-6-2)19(17,18)15(11-7-3)12-8-4/h5-14H2,1-4H3. The van der Waals surface area contributed by atoms with Crippen molar-refractivity contribution in [2.45, 2.75) is 66.2 Å². The fraction of sp³-hybridized carbons (Fsp3) is 1.00. The number of hydrogen-bond acceptors (Lipinski definition) is 2. The maximum atomic E-state index is 12.7. The van der Waals surface area contributed by atoms with Crippen molar-refractivity contribution < 1.29 is 8.42 Å². The summed E-state index contributed by atoms with van der Waals surface area (Å²) in [6, 6.07) is 0. The molecule has 0 aromatic carbocycles. The van der Waals surface area contributed by atoms with Gasteiger partial charge < -0.3 is 0 Å². The van der Waals surface area contributed by atoms with Gasteiger partial charge in [-0.25, -0.2) is 0 Å². The molecule has 0 saturated heterocycles. The smallest absolute Gasteiger partial charge is 0.195 e. The molecule has 0 spiro atoms. The summed E-state index contributed by atoms with van der Waals surface area (Å²) in [5.74, 6) is 0. The Balaban J connectivity index is 4.88. The van der Waals surface area contributed by atoms with Gasteiger partial charge >= 0.3 is 0 Å². The summed E-state index contributed by atoms with van der Waals surface area (Å²) in [6.45, 7) is 10.8. The first-order valence-electron chi connectivity index (χ1n) is 7.79. The molecule has 0 unspecified atom stereocenters. The average Bonchev–Trinajstić information content (AvgIpc) is 2.38. The van der Waals surface area contributed by atoms with Crippen LogP contribution >= 0.6 is 0 Å². The predicted molar refractivity (Wildman–Crippen MR) is 82.5 cm³/mol. The predicted octanol–water partition coefficient (Wildman–Crippen LogP) is 3.26. The lowest BCUT2D eigenvalue weighted by Crippen LogP contribution is -2.45. The zero-order chi connectivity index (χ0) is 14.7. The molecular weight excluding hydrogens is 260 g/mol. The molecule has 0 heterocycles. The van der Waals surface area contributed by atoms with E-state index in [0.29, 0.717) is 26.2 Å². The van der Waals surface area contributed by atoms with E-state index in [1.807, 2.05) is 13.8 Å². The van der Waals surface area contributed by atoms with Crippen LogP contribution in [0.4, 0.5) is 0 Å². The minimum Gasteiger partial charge on any atom is -0.195 e. The van der Waals surface area contributed by atoms with Gasteiger partial charge in [-0.3, -0.25) is 0 Å². The topological polar surface area (TPSA) is 40.6 Å². The molecule has 0 N–H and O–H groups in total. The summed E-state index contributed by atoms with van der Waals surface area (Å²) in [7, 11) is -3.27. The fourth-order valence-corrected chi connectivity index (χ4v) is 3.89. The van der Waals surface area contributed by atoms with Gasteiger partial charge in [0.2, 0.25) is 0 Å².